The summed E-state index contributed by atoms with van der Waals surface area (Å²) in [6.45, 7) is 0. The zero-order valence-corrected chi connectivity index (χ0v) is 8.45. The van der Waals surface area contributed by atoms with Crippen LogP contribution in [0.5, 0.6) is 0 Å². The first-order valence-electron chi connectivity index (χ1n) is 4.18. The van der Waals surface area contributed by atoms with Crippen molar-refractivity contribution in [2.45, 2.75) is 10.9 Å². The third-order valence-corrected chi connectivity index (χ3v) is 2.65. The van der Waals surface area contributed by atoms with Crippen molar-refractivity contribution in [3.63, 3.8) is 0 Å². The van der Waals surface area contributed by atoms with Crippen molar-refractivity contribution in [1.29, 1.82) is 0 Å². The average molecular weight is 224 g/mol. The molecule has 0 aliphatic heterocycles. The summed E-state index contributed by atoms with van der Waals surface area (Å²) in [6, 6.07) is 1.51. The number of carboxylic acids is 1. The molecular formula is C9H8N2O3S. The van der Waals surface area contributed by atoms with Gasteiger partial charge in [0.15, 0.2) is 5.16 Å². The molecule has 0 aliphatic carbocycles. The first-order valence-corrected chi connectivity index (χ1v) is 5.17. The average Bonchev–Trinajstić information content (AvgIpc) is 2.86. The fourth-order valence-corrected chi connectivity index (χ4v) is 1.75. The molecular weight excluding hydrogens is 216 g/mol. The van der Waals surface area contributed by atoms with Crippen molar-refractivity contribution in [3.05, 3.63) is 36.0 Å². The van der Waals surface area contributed by atoms with E-state index in [-0.39, 0.29) is 5.56 Å². The number of furan rings is 1. The maximum atomic E-state index is 10.6. The van der Waals surface area contributed by atoms with Crippen LogP contribution in [0.15, 0.2) is 34.3 Å². The maximum Gasteiger partial charge on any atom is 0.338 e. The molecule has 0 saturated carbocycles. The number of imidazole rings is 1. The summed E-state index contributed by atoms with van der Waals surface area (Å²) in [5.74, 6) is 0.197. The van der Waals surface area contributed by atoms with E-state index in [9.17, 15) is 4.79 Å². The summed E-state index contributed by atoms with van der Waals surface area (Å²) >= 11 is 1.45. The number of hydrogen-bond donors (Lipinski definition) is 2. The molecule has 0 saturated heterocycles. The number of hydrogen-bond acceptors (Lipinski definition) is 4. The van der Waals surface area contributed by atoms with E-state index in [2.05, 4.69) is 9.97 Å². The van der Waals surface area contributed by atoms with Gasteiger partial charge < -0.3 is 14.5 Å². The number of carbonyl (C=O) groups is 1. The predicted octanol–water partition coefficient (Wildman–Crippen LogP) is 1.99. The molecule has 6 heteroatoms. The minimum Gasteiger partial charge on any atom is -0.478 e. The van der Waals surface area contributed by atoms with Crippen molar-refractivity contribution in [2.24, 2.45) is 0 Å². The van der Waals surface area contributed by atoms with Gasteiger partial charge in [0.25, 0.3) is 0 Å². The summed E-state index contributed by atoms with van der Waals surface area (Å²) in [5.41, 5.74) is 0.171. The smallest absolute Gasteiger partial charge is 0.338 e. The molecule has 0 bridgehead atoms. The van der Waals surface area contributed by atoms with Crippen LogP contribution in [0, 0.1) is 0 Å². The minimum absolute atomic E-state index is 0.171. The van der Waals surface area contributed by atoms with E-state index in [0.29, 0.717) is 11.5 Å². The number of carboxylic acid groups (broad SMARTS) is 1. The zero-order valence-electron chi connectivity index (χ0n) is 7.64. The number of nitrogens with zero attached hydrogens (tertiary/aromatic N) is 1. The van der Waals surface area contributed by atoms with Gasteiger partial charge in [0, 0.05) is 12.4 Å². The standard InChI is InChI=1S/C9H8N2O3S/c12-8(13)6-3-7(14-4-6)5-15-9-10-1-2-11-9/h1-4H,5H2,(H,10,11)(H,12,13). The second kappa shape index (κ2) is 4.22. The molecule has 2 N–H and O–H groups in total. The molecule has 2 aromatic rings. The van der Waals surface area contributed by atoms with Crippen LogP contribution in [0.1, 0.15) is 16.1 Å². The molecule has 0 spiro atoms. The molecule has 2 rings (SSSR count). The fourth-order valence-electron chi connectivity index (χ4n) is 1.04. The van der Waals surface area contributed by atoms with Gasteiger partial charge in [-0.15, -0.1) is 0 Å². The largest absolute Gasteiger partial charge is 0.478 e. The zero-order chi connectivity index (χ0) is 10.7. The third kappa shape index (κ3) is 2.41. The highest BCUT2D eigenvalue weighted by Crippen LogP contribution is 2.20. The van der Waals surface area contributed by atoms with Crippen molar-refractivity contribution in [1.82, 2.24) is 9.97 Å². The van der Waals surface area contributed by atoms with Crippen molar-refractivity contribution in [3.8, 4) is 0 Å². The minimum atomic E-state index is -0.979. The molecule has 0 aliphatic rings. The van der Waals surface area contributed by atoms with Gasteiger partial charge in [0.05, 0.1) is 11.3 Å². The van der Waals surface area contributed by atoms with Gasteiger partial charge >= 0.3 is 5.97 Å². The third-order valence-electron chi connectivity index (χ3n) is 1.72. The monoisotopic (exact) mass is 224 g/mol. The molecule has 0 radical (unpaired) electrons. The van der Waals surface area contributed by atoms with Gasteiger partial charge in [0.1, 0.15) is 12.0 Å². The lowest BCUT2D eigenvalue weighted by Gasteiger charge is -1.92. The molecule has 15 heavy (non-hydrogen) atoms. The van der Waals surface area contributed by atoms with Gasteiger partial charge in [-0.1, -0.05) is 11.8 Å². The maximum absolute atomic E-state index is 10.6. The second-order valence-electron chi connectivity index (χ2n) is 2.79. The van der Waals surface area contributed by atoms with Crippen LogP contribution in [0.2, 0.25) is 0 Å². The quantitative estimate of drug-likeness (QED) is 0.776. The van der Waals surface area contributed by atoms with Crippen molar-refractivity contribution >= 4 is 17.7 Å². The summed E-state index contributed by atoms with van der Waals surface area (Å²) in [5, 5.41) is 9.45. The Morgan fingerprint density at radius 1 is 1.67 bits per heavy atom. The number of aromatic nitrogens is 2. The van der Waals surface area contributed by atoms with Crippen LogP contribution in [-0.4, -0.2) is 21.0 Å². The van der Waals surface area contributed by atoms with E-state index in [1.165, 1.54) is 24.1 Å². The van der Waals surface area contributed by atoms with Crippen LogP contribution >= 0.6 is 11.8 Å². The Morgan fingerprint density at radius 2 is 2.53 bits per heavy atom. The Kier molecular flexibility index (Phi) is 2.77. The summed E-state index contributed by atoms with van der Waals surface area (Å²) < 4.78 is 5.08. The lowest BCUT2D eigenvalue weighted by atomic mass is 10.3. The molecule has 78 valence electrons. The molecule has 0 unspecified atom stereocenters. The molecule has 0 atom stereocenters. The van der Waals surface area contributed by atoms with E-state index >= 15 is 0 Å². The number of nitrogens with one attached hydrogen (secondary N) is 1. The van der Waals surface area contributed by atoms with Crippen LogP contribution in [0.4, 0.5) is 0 Å². The Balaban J connectivity index is 1.96. The molecule has 5 nitrogen and oxygen atoms in total. The van der Waals surface area contributed by atoms with E-state index in [4.69, 9.17) is 9.52 Å². The molecule has 0 aromatic carbocycles. The summed E-state index contributed by atoms with van der Waals surface area (Å²) in [4.78, 5) is 17.5. The highest BCUT2D eigenvalue weighted by Gasteiger charge is 2.08. The Morgan fingerprint density at radius 3 is 3.13 bits per heavy atom. The van der Waals surface area contributed by atoms with Crippen LogP contribution in [-0.2, 0) is 5.75 Å². The first kappa shape index (κ1) is 9.85. The Bertz CT molecular complexity index is 450. The van der Waals surface area contributed by atoms with Gasteiger partial charge in [-0.3, -0.25) is 0 Å². The van der Waals surface area contributed by atoms with Gasteiger partial charge in [-0.05, 0) is 6.07 Å². The van der Waals surface area contributed by atoms with Gasteiger partial charge in [0.2, 0.25) is 0 Å². The van der Waals surface area contributed by atoms with E-state index < -0.39 is 5.97 Å². The van der Waals surface area contributed by atoms with Crippen molar-refractivity contribution < 1.29 is 14.3 Å². The number of H-pyrrole nitrogens is 1. The molecule has 0 amide bonds. The van der Waals surface area contributed by atoms with Crippen molar-refractivity contribution in [2.75, 3.05) is 0 Å². The SMILES string of the molecule is O=C(O)c1coc(CSc2ncc[nH]2)c1. The predicted molar refractivity (Wildman–Crippen MR) is 53.8 cm³/mol. The lowest BCUT2D eigenvalue weighted by Crippen LogP contribution is -1.91. The summed E-state index contributed by atoms with van der Waals surface area (Å²) in [7, 11) is 0. The Hall–Kier alpha value is -1.69. The molecule has 2 heterocycles. The normalized spacial score (nSPS) is 10.4. The Labute approximate surface area is 89.5 Å². The molecule has 0 fully saturated rings. The number of aromatic amines is 1. The highest BCUT2D eigenvalue weighted by atomic mass is 32.2. The van der Waals surface area contributed by atoms with E-state index in [0.717, 1.165) is 5.16 Å². The van der Waals surface area contributed by atoms with Crippen LogP contribution in [0.25, 0.3) is 0 Å². The number of thioether (sulfide) groups is 1. The van der Waals surface area contributed by atoms with E-state index in [1.54, 1.807) is 12.4 Å². The van der Waals surface area contributed by atoms with Gasteiger partial charge in [-0.25, -0.2) is 9.78 Å². The second-order valence-corrected chi connectivity index (χ2v) is 3.75. The first-order chi connectivity index (χ1) is 7.25. The number of rotatable bonds is 4. The van der Waals surface area contributed by atoms with E-state index in [1.807, 2.05) is 0 Å². The topological polar surface area (TPSA) is 79.1 Å². The van der Waals surface area contributed by atoms with Gasteiger partial charge in [-0.2, -0.15) is 0 Å². The molecule has 2 aromatic heterocycles. The highest BCUT2D eigenvalue weighted by molar-refractivity contribution is 7.98. The van der Waals surface area contributed by atoms with Crippen LogP contribution in [0.3, 0.4) is 0 Å². The van der Waals surface area contributed by atoms with Crippen LogP contribution < -0.4 is 0 Å². The summed E-state index contributed by atoms with van der Waals surface area (Å²) in [6.07, 6.45) is 4.63. The fraction of sp³-hybridized carbons (Fsp3) is 0.111. The number of aromatic carboxylic acids is 1. The lowest BCUT2D eigenvalue weighted by molar-refractivity contribution is 0.0696.